The average molecular weight is 924 g/mol. The topological polar surface area (TPSA) is 433 Å². The first-order valence-corrected chi connectivity index (χ1v) is 20.3. The van der Waals surface area contributed by atoms with Gasteiger partial charge in [-0.1, -0.05) is 13.8 Å². The van der Waals surface area contributed by atoms with Crippen molar-refractivity contribution in [3.8, 4) is 0 Å². The van der Waals surface area contributed by atoms with E-state index in [0.29, 0.717) is 0 Å². The van der Waals surface area contributed by atoms with Crippen LogP contribution < -0.4 is 5.32 Å². The predicted molar refractivity (Wildman–Crippen MR) is 196 cm³/mol. The number of rotatable bonds is 17. The fourth-order valence-corrected chi connectivity index (χ4v) is 8.19. The van der Waals surface area contributed by atoms with Gasteiger partial charge in [0.15, 0.2) is 25.0 Å². The Balaban J connectivity index is 1.33. The fourth-order valence-electron chi connectivity index (χ4n) is 8.19. The van der Waals surface area contributed by atoms with Crippen LogP contribution in [0.25, 0.3) is 0 Å². The highest BCUT2D eigenvalue weighted by molar-refractivity contribution is 5.81. The molecule has 27 nitrogen and oxygen atoms in total. The maximum Gasteiger partial charge on any atom is 0.364 e. The Morgan fingerprint density at radius 3 is 1.78 bits per heavy atom. The Hall–Kier alpha value is -1.98. The van der Waals surface area contributed by atoms with Gasteiger partial charge in [-0.2, -0.15) is 0 Å². The molecule has 5 saturated heterocycles. The molecule has 0 spiro atoms. The molecule has 27 heteroatoms. The number of carboxylic acid groups (broad SMARTS) is 1. The molecule has 5 rings (SSSR count). The molecule has 1 amide bonds. The van der Waals surface area contributed by atoms with Crippen molar-refractivity contribution < 1.29 is 129 Å². The molecule has 5 aliphatic rings. The molecule has 0 radical (unpaired) electrons. The van der Waals surface area contributed by atoms with Crippen molar-refractivity contribution in [2.24, 2.45) is 11.8 Å². The van der Waals surface area contributed by atoms with Gasteiger partial charge in [0.1, 0.15) is 91.6 Å². The summed E-state index contributed by atoms with van der Waals surface area (Å²) in [6, 6.07) is 0. The zero-order valence-electron chi connectivity index (χ0n) is 34.3. The first kappa shape index (κ1) is 52.0. The van der Waals surface area contributed by atoms with Gasteiger partial charge < -0.3 is 125 Å². The van der Waals surface area contributed by atoms with E-state index in [0.717, 1.165) is 0 Å². The molecule has 5 aliphatic heterocycles. The van der Waals surface area contributed by atoms with Crippen LogP contribution in [0.5, 0.6) is 0 Å². The van der Waals surface area contributed by atoms with Gasteiger partial charge in [-0.3, -0.25) is 4.79 Å². The van der Waals surface area contributed by atoms with Gasteiger partial charge in [0.2, 0.25) is 0 Å². The highest BCUT2D eigenvalue weighted by atomic mass is 16.8. The summed E-state index contributed by atoms with van der Waals surface area (Å²) in [6.45, 7) is -1.48. The highest BCUT2D eigenvalue weighted by Crippen LogP contribution is 2.40. The largest absolute Gasteiger partial charge is 0.477 e. The van der Waals surface area contributed by atoms with Crippen LogP contribution in [-0.2, 0) is 52.2 Å². The lowest BCUT2D eigenvalue weighted by molar-refractivity contribution is -0.378. The van der Waals surface area contributed by atoms with Crippen LogP contribution in [0.1, 0.15) is 20.3 Å². The second-order valence-corrected chi connectivity index (χ2v) is 16.3. The maximum atomic E-state index is 12.8. The van der Waals surface area contributed by atoms with Crippen molar-refractivity contribution in [3.05, 3.63) is 0 Å². The minimum atomic E-state index is -2.97. The molecule has 5 heterocycles. The standard InChI is InChI=1S/C36H61NO26/c1-10-12(42)4-36(35(53)54,62-26(10)20(46)13(43)5-38)63-29-21(47)15(7-40)58-34(25(29)51)61-28-17(56-30(24(28)50)31(52)37-3)9-55-32-23(49)22(48)27(16(8-41)59-32)60-33-19(45)11(2)18(44)14(6-39)57-33/h10-30,32-34,38-51H,4-9H2,1-3H3,(H,37,52)(H,53,54)/t10-,11?,12?,13-,14?,15?,16?,17?,18-,19?,20-,21+,22-,23?,24?,25?,26-,27-,28?,29+,30?,32-,33+,34+,36?/m1/s1. The first-order valence-electron chi connectivity index (χ1n) is 20.3. The number of ether oxygens (including phenoxy) is 9. The molecule has 366 valence electrons. The normalized spacial score (nSPS) is 48.1. The Bertz CT molecular complexity index is 1480. The first-order chi connectivity index (χ1) is 29.7. The van der Waals surface area contributed by atoms with Crippen LogP contribution in [0.15, 0.2) is 0 Å². The molecule has 0 aliphatic carbocycles. The summed E-state index contributed by atoms with van der Waals surface area (Å²) in [5, 5.41) is 160. The van der Waals surface area contributed by atoms with Crippen LogP contribution in [0.2, 0.25) is 0 Å². The van der Waals surface area contributed by atoms with Crippen molar-refractivity contribution in [1.82, 2.24) is 5.32 Å². The fraction of sp³-hybridized carbons (Fsp3) is 0.944. The SMILES string of the molecule is CNC(=O)C1OC(CO[C@@H]2OC(CO)[C@@H](O[C@@H]3OC(CO)[C@H](O)C(C)C3O)[C@H](O)C2O)C(O[C@@H]2OC(CO)[C@H](O)[C@H](OC3(C(=O)O)CC(O)[C@@H](C)[C@H]([C@H](O)[C@H](O)CO)O3)C2O)C1O. The number of likely N-dealkylation sites (N-methyl/N-ethyl adjacent to an activating group) is 1. The van der Waals surface area contributed by atoms with Gasteiger partial charge in [0, 0.05) is 25.3 Å². The second-order valence-electron chi connectivity index (χ2n) is 16.3. The maximum absolute atomic E-state index is 12.8. The summed E-state index contributed by atoms with van der Waals surface area (Å²) in [5.41, 5.74) is 0. The van der Waals surface area contributed by atoms with E-state index in [1.807, 2.05) is 0 Å². The van der Waals surface area contributed by atoms with E-state index < -0.39 is 204 Å². The van der Waals surface area contributed by atoms with E-state index in [1.165, 1.54) is 20.9 Å². The van der Waals surface area contributed by atoms with Crippen LogP contribution >= 0.6 is 0 Å². The van der Waals surface area contributed by atoms with Gasteiger partial charge in [-0.25, -0.2) is 4.79 Å². The zero-order chi connectivity index (χ0) is 46.8. The Kier molecular flexibility index (Phi) is 18.0. The molecule has 0 saturated carbocycles. The number of hydrogen-bond acceptors (Lipinski definition) is 25. The van der Waals surface area contributed by atoms with Gasteiger partial charge in [0.05, 0.1) is 51.3 Å². The average Bonchev–Trinajstić information content (AvgIpc) is 3.58. The molecule has 0 aromatic heterocycles. The third-order valence-electron chi connectivity index (χ3n) is 12.2. The van der Waals surface area contributed by atoms with Gasteiger partial charge in [-0.15, -0.1) is 0 Å². The van der Waals surface area contributed by atoms with E-state index in [4.69, 9.17) is 42.6 Å². The molecule has 63 heavy (non-hydrogen) atoms. The van der Waals surface area contributed by atoms with Crippen molar-refractivity contribution in [3.63, 3.8) is 0 Å². The lowest BCUT2D eigenvalue weighted by Gasteiger charge is -2.49. The molecule has 16 N–H and O–H groups in total. The van der Waals surface area contributed by atoms with E-state index in [2.05, 4.69) is 5.32 Å². The van der Waals surface area contributed by atoms with Crippen LogP contribution in [0.3, 0.4) is 0 Å². The number of nitrogens with one attached hydrogen (secondary N) is 1. The van der Waals surface area contributed by atoms with Crippen molar-refractivity contribution in [2.45, 2.75) is 161 Å². The van der Waals surface area contributed by atoms with Gasteiger partial charge in [0.25, 0.3) is 11.7 Å². The van der Waals surface area contributed by atoms with Crippen molar-refractivity contribution in [2.75, 3.05) is 40.1 Å². The molecular weight excluding hydrogens is 862 g/mol. The van der Waals surface area contributed by atoms with Crippen molar-refractivity contribution in [1.29, 1.82) is 0 Å². The number of hydrogen-bond donors (Lipinski definition) is 16. The molecule has 25 atom stereocenters. The molecule has 0 bridgehead atoms. The third kappa shape index (κ3) is 10.6. The molecule has 5 fully saturated rings. The van der Waals surface area contributed by atoms with Gasteiger partial charge in [-0.05, 0) is 0 Å². The van der Waals surface area contributed by atoms with E-state index in [1.54, 1.807) is 0 Å². The lowest BCUT2D eigenvalue weighted by atomic mass is 9.84. The quantitative estimate of drug-likeness (QED) is 0.0644. The summed E-state index contributed by atoms with van der Waals surface area (Å²) in [7, 11) is 1.21. The molecule has 13 unspecified atom stereocenters. The molecule has 0 aromatic carbocycles. The number of amides is 1. The molecule has 0 aromatic rings. The number of carbonyl (C=O) groups is 2. The van der Waals surface area contributed by atoms with E-state index >= 15 is 0 Å². The second kappa shape index (κ2) is 21.8. The number of aliphatic hydroxyl groups is 14. The van der Waals surface area contributed by atoms with E-state index in [-0.39, 0.29) is 0 Å². The number of carboxylic acids is 1. The predicted octanol–water partition coefficient (Wildman–Crippen LogP) is -9.73. The smallest absolute Gasteiger partial charge is 0.364 e. The Morgan fingerprint density at radius 1 is 0.667 bits per heavy atom. The summed E-state index contributed by atoms with van der Waals surface area (Å²) < 4.78 is 51.0. The van der Waals surface area contributed by atoms with Gasteiger partial charge >= 0.3 is 5.97 Å². The summed E-state index contributed by atoms with van der Waals surface area (Å²) in [5.74, 6) is -7.72. The Labute approximate surface area is 358 Å². The van der Waals surface area contributed by atoms with Crippen LogP contribution in [-0.4, -0.2) is 269 Å². The minimum Gasteiger partial charge on any atom is -0.477 e. The summed E-state index contributed by atoms with van der Waals surface area (Å²) in [4.78, 5) is 25.5. The number of aliphatic carboxylic acids is 1. The number of carbonyl (C=O) groups excluding carboxylic acids is 1. The highest BCUT2D eigenvalue weighted by Gasteiger charge is 2.60. The molecular formula is C36H61NO26. The Morgan fingerprint density at radius 2 is 1.22 bits per heavy atom. The minimum absolute atomic E-state index is 0.659. The van der Waals surface area contributed by atoms with Crippen LogP contribution in [0, 0.1) is 11.8 Å². The number of aliphatic hydroxyl groups excluding tert-OH is 14. The summed E-state index contributed by atoms with van der Waals surface area (Å²) >= 11 is 0. The summed E-state index contributed by atoms with van der Waals surface area (Å²) in [6.07, 6.45) is -39.4. The third-order valence-corrected chi connectivity index (χ3v) is 12.2. The zero-order valence-corrected chi connectivity index (χ0v) is 34.3. The van der Waals surface area contributed by atoms with E-state index in [9.17, 15) is 86.2 Å². The van der Waals surface area contributed by atoms with Crippen molar-refractivity contribution >= 4 is 11.9 Å². The monoisotopic (exact) mass is 923 g/mol. The lowest BCUT2D eigenvalue weighted by Crippen LogP contribution is -2.67. The van der Waals surface area contributed by atoms with Crippen LogP contribution in [0.4, 0.5) is 0 Å².